The molecular formula is C6H9NaO4. The Hall–Kier alpha value is -0.190. The Morgan fingerprint density at radius 1 is 1.27 bits per heavy atom. The molecule has 0 saturated heterocycles. The maximum absolute atomic E-state index is 10.4. The van der Waals surface area contributed by atoms with E-state index in [1.54, 1.807) is 0 Å². The summed E-state index contributed by atoms with van der Waals surface area (Å²) in [5.41, 5.74) is 0. The van der Waals surface area contributed by atoms with Gasteiger partial charge >= 0.3 is 35.5 Å². The predicted molar refractivity (Wildman–Crippen MR) is 33.4 cm³/mol. The van der Waals surface area contributed by atoms with E-state index in [-0.39, 0.29) is 31.0 Å². The van der Waals surface area contributed by atoms with Crippen LogP contribution in [-0.2, 0) is 19.1 Å². The fraction of sp³-hybridized carbons (Fsp3) is 0.500. The van der Waals surface area contributed by atoms with Crippen LogP contribution in [0.3, 0.4) is 0 Å². The molecule has 0 unspecified atom stereocenters. The summed E-state index contributed by atoms with van der Waals surface area (Å²) in [5.74, 6) is -1.84. The van der Waals surface area contributed by atoms with Gasteiger partial charge in [0.25, 0.3) is 0 Å². The summed E-state index contributed by atoms with van der Waals surface area (Å²) in [6.45, 7) is 1.86. The monoisotopic (exact) mass is 168 g/mol. The quantitative estimate of drug-likeness (QED) is 0.253. The maximum Gasteiger partial charge on any atom is 1.00 e. The average Bonchev–Trinajstić information content (AvgIpc) is 1.82. The number of carbonyl (C=O) groups is 3. The van der Waals surface area contributed by atoms with Crippen molar-refractivity contribution in [2.75, 3.05) is 6.61 Å². The average molecular weight is 168 g/mol. The third kappa shape index (κ3) is 7.71. The van der Waals surface area contributed by atoms with Crippen molar-refractivity contribution in [2.45, 2.75) is 13.8 Å². The largest absolute Gasteiger partial charge is 1.00 e. The van der Waals surface area contributed by atoms with Gasteiger partial charge in [0, 0.05) is 13.8 Å². The molecule has 4 nitrogen and oxygen atoms in total. The van der Waals surface area contributed by atoms with Crippen LogP contribution >= 0.6 is 0 Å². The molecule has 0 spiro atoms. The van der Waals surface area contributed by atoms with Crippen molar-refractivity contribution in [3.63, 3.8) is 0 Å². The molecule has 0 fully saturated rings. The second-order valence-corrected chi connectivity index (χ2v) is 1.76. The van der Waals surface area contributed by atoms with Crippen LogP contribution in [0.25, 0.3) is 0 Å². The number of ether oxygens (including phenoxy) is 1. The van der Waals surface area contributed by atoms with Gasteiger partial charge in [0.05, 0.1) is 0 Å². The summed E-state index contributed by atoms with van der Waals surface area (Å²) in [6.07, 6.45) is 0. The Labute approximate surface area is 88.1 Å². The Bertz CT molecular complexity index is 180. The summed E-state index contributed by atoms with van der Waals surface area (Å²) in [4.78, 5) is 30.7. The molecule has 0 atom stereocenters. The number of hydrogen-bond acceptors (Lipinski definition) is 4. The van der Waals surface area contributed by atoms with Gasteiger partial charge in [-0.25, -0.2) is 0 Å². The molecule has 0 aliphatic carbocycles. The van der Waals surface area contributed by atoms with Gasteiger partial charge in [-0.1, -0.05) is 0 Å². The minimum absolute atomic E-state index is 0. The van der Waals surface area contributed by atoms with Crippen molar-refractivity contribution in [1.82, 2.24) is 0 Å². The van der Waals surface area contributed by atoms with Crippen LogP contribution in [0.5, 0.6) is 0 Å². The molecule has 0 aromatic rings. The Morgan fingerprint density at radius 3 is 2.00 bits per heavy atom. The smallest absolute Gasteiger partial charge is 1.00 e. The van der Waals surface area contributed by atoms with Crippen molar-refractivity contribution in [1.29, 1.82) is 0 Å². The van der Waals surface area contributed by atoms with Crippen LogP contribution in [0, 0.1) is 0 Å². The molecular weight excluding hydrogens is 159 g/mol. The summed E-state index contributed by atoms with van der Waals surface area (Å²) in [5, 5.41) is 0. The summed E-state index contributed by atoms with van der Waals surface area (Å²) < 4.78 is 4.26. The van der Waals surface area contributed by atoms with Crippen molar-refractivity contribution < 1.29 is 50.1 Å². The van der Waals surface area contributed by atoms with E-state index in [0.717, 1.165) is 6.92 Å². The first-order valence-corrected chi connectivity index (χ1v) is 2.71. The molecule has 0 rings (SSSR count). The number of Topliss-reactive ketones (excluding diaryl/α,β-unsaturated/α-hetero) is 2. The Kier molecular flexibility index (Phi) is 7.94. The van der Waals surface area contributed by atoms with Crippen LogP contribution in [-0.4, -0.2) is 24.1 Å². The molecule has 0 aromatic carbocycles. The topological polar surface area (TPSA) is 60.4 Å². The van der Waals surface area contributed by atoms with Gasteiger partial charge in [-0.3, -0.25) is 14.4 Å². The molecule has 0 N–H and O–H groups in total. The van der Waals surface area contributed by atoms with Crippen LogP contribution in [0.1, 0.15) is 15.3 Å². The van der Waals surface area contributed by atoms with E-state index in [1.807, 2.05) is 0 Å². The van der Waals surface area contributed by atoms with E-state index in [2.05, 4.69) is 4.74 Å². The maximum atomic E-state index is 10.4. The molecule has 0 aromatic heterocycles. The van der Waals surface area contributed by atoms with E-state index in [0.29, 0.717) is 0 Å². The molecule has 0 aliphatic rings. The van der Waals surface area contributed by atoms with E-state index in [9.17, 15) is 14.4 Å². The zero-order valence-corrected chi connectivity index (χ0v) is 8.84. The zero-order valence-electron chi connectivity index (χ0n) is 7.84. The molecule has 0 saturated carbocycles. The van der Waals surface area contributed by atoms with E-state index < -0.39 is 24.1 Å². The molecule has 5 heteroatoms. The molecule has 0 bridgehead atoms. The number of ketones is 2. The minimum Gasteiger partial charge on any atom is -1.00 e. The molecule has 11 heavy (non-hydrogen) atoms. The van der Waals surface area contributed by atoms with Gasteiger partial charge in [0.2, 0.25) is 5.78 Å². The second kappa shape index (κ2) is 6.52. The SMILES string of the molecule is CC(=O)OCC(=O)C(C)=O.[H-].[Na+]. The van der Waals surface area contributed by atoms with Gasteiger partial charge in [0.15, 0.2) is 12.4 Å². The van der Waals surface area contributed by atoms with E-state index >= 15 is 0 Å². The predicted octanol–water partition coefficient (Wildman–Crippen LogP) is -3.18. The summed E-state index contributed by atoms with van der Waals surface area (Å²) in [7, 11) is 0. The zero-order chi connectivity index (χ0) is 8.15. The third-order valence-corrected chi connectivity index (χ3v) is 0.799. The van der Waals surface area contributed by atoms with Crippen LogP contribution in [0.15, 0.2) is 0 Å². The first kappa shape index (κ1) is 13.4. The standard InChI is InChI=1S/C6H8O4.Na.H/c1-4(7)6(9)3-10-5(2)8;;/h3H2,1-2H3;;/q;+1;-1. The molecule has 0 radical (unpaired) electrons. The fourth-order valence-electron chi connectivity index (χ4n) is 0.269. The molecule has 0 aliphatic heterocycles. The van der Waals surface area contributed by atoms with Crippen molar-refractivity contribution in [2.24, 2.45) is 0 Å². The van der Waals surface area contributed by atoms with Crippen molar-refractivity contribution >= 4 is 17.5 Å². The van der Waals surface area contributed by atoms with Crippen molar-refractivity contribution in [3.05, 3.63) is 0 Å². The van der Waals surface area contributed by atoms with Gasteiger partial charge in [-0.15, -0.1) is 0 Å². The van der Waals surface area contributed by atoms with Crippen LogP contribution in [0.4, 0.5) is 0 Å². The first-order chi connectivity index (χ1) is 4.54. The van der Waals surface area contributed by atoms with Gasteiger partial charge in [-0.05, 0) is 0 Å². The molecule has 0 heterocycles. The van der Waals surface area contributed by atoms with Gasteiger partial charge < -0.3 is 6.16 Å². The molecule has 58 valence electrons. The fourth-order valence-corrected chi connectivity index (χ4v) is 0.269. The first-order valence-electron chi connectivity index (χ1n) is 2.71. The van der Waals surface area contributed by atoms with Crippen LogP contribution in [0.2, 0.25) is 0 Å². The minimum atomic E-state index is -0.685. The number of hydrogen-bond donors (Lipinski definition) is 0. The summed E-state index contributed by atoms with van der Waals surface area (Å²) >= 11 is 0. The summed E-state index contributed by atoms with van der Waals surface area (Å²) in [6, 6.07) is 0. The van der Waals surface area contributed by atoms with Gasteiger partial charge in [-0.2, -0.15) is 0 Å². The van der Waals surface area contributed by atoms with Crippen LogP contribution < -0.4 is 29.6 Å². The number of esters is 1. The van der Waals surface area contributed by atoms with E-state index in [1.165, 1.54) is 6.92 Å². The van der Waals surface area contributed by atoms with Gasteiger partial charge in [0.1, 0.15) is 0 Å². The molecule has 0 amide bonds. The van der Waals surface area contributed by atoms with Crippen molar-refractivity contribution in [3.8, 4) is 0 Å². The Balaban J connectivity index is -0.000000405. The third-order valence-electron chi connectivity index (χ3n) is 0.799. The Morgan fingerprint density at radius 2 is 1.73 bits per heavy atom. The van der Waals surface area contributed by atoms with E-state index in [4.69, 9.17) is 0 Å². The second-order valence-electron chi connectivity index (χ2n) is 1.76. The number of carbonyl (C=O) groups excluding carboxylic acids is 3. The number of rotatable bonds is 3. The normalized spacial score (nSPS) is 7.82.